The van der Waals surface area contributed by atoms with Gasteiger partial charge in [0.1, 0.15) is 23.2 Å². The van der Waals surface area contributed by atoms with Crippen molar-refractivity contribution >= 4 is 17.8 Å². The van der Waals surface area contributed by atoms with Crippen molar-refractivity contribution in [1.82, 2.24) is 0 Å². The van der Waals surface area contributed by atoms with Crippen molar-refractivity contribution in [2.75, 3.05) is 21.3 Å². The highest BCUT2D eigenvalue weighted by Crippen LogP contribution is 2.38. The summed E-state index contributed by atoms with van der Waals surface area (Å²) in [6.45, 7) is 1.65. The Hall–Kier alpha value is -4.51. The minimum absolute atomic E-state index is 0.0401. The first-order chi connectivity index (χ1) is 15.9. The number of allylic oxidation sites excluding steroid dienone is 1. The molecule has 0 radical (unpaired) electrons. The van der Waals surface area contributed by atoms with E-state index < -0.39 is 11.8 Å². The van der Waals surface area contributed by atoms with Crippen molar-refractivity contribution in [3.63, 3.8) is 0 Å². The first-order valence-electron chi connectivity index (χ1n) is 9.74. The quantitative estimate of drug-likeness (QED) is 0.162. The van der Waals surface area contributed by atoms with Gasteiger partial charge in [-0.15, -0.1) is 0 Å². The van der Waals surface area contributed by atoms with Crippen LogP contribution < -0.4 is 18.9 Å². The number of nitriles is 1. The summed E-state index contributed by atoms with van der Waals surface area (Å²) in [6, 6.07) is 12.8. The van der Waals surface area contributed by atoms with E-state index in [1.807, 2.05) is 6.07 Å². The zero-order valence-corrected chi connectivity index (χ0v) is 18.5. The van der Waals surface area contributed by atoms with Crippen molar-refractivity contribution < 1.29 is 33.0 Å². The van der Waals surface area contributed by atoms with Crippen LogP contribution in [0.5, 0.6) is 23.0 Å². The number of hydrogen-bond acceptors (Lipinski definition) is 8. The standard InChI is InChI=1S/C25H21NO7/c1-15-20(9-10-32-15)23(27)18(14-26)11-16-5-7-19(8-6-16)33-25(28)17-12-21(29-2)24(31-4)22(13-17)30-3/h5-13H,1-4H3/b18-11+. The molecule has 0 amide bonds. The maximum atomic E-state index is 12.6. The zero-order valence-electron chi connectivity index (χ0n) is 18.5. The van der Waals surface area contributed by atoms with Crippen LogP contribution in [0.3, 0.4) is 0 Å². The van der Waals surface area contributed by atoms with Crippen LogP contribution in [0.2, 0.25) is 0 Å². The predicted octanol–water partition coefficient (Wildman–Crippen LogP) is 4.62. The van der Waals surface area contributed by atoms with Gasteiger partial charge in [-0.25, -0.2) is 4.79 Å². The van der Waals surface area contributed by atoms with Gasteiger partial charge in [-0.05, 0) is 48.9 Å². The summed E-state index contributed by atoms with van der Waals surface area (Å²) in [7, 11) is 4.37. The normalized spacial score (nSPS) is 10.8. The Morgan fingerprint density at radius 2 is 1.61 bits per heavy atom. The molecule has 0 unspecified atom stereocenters. The van der Waals surface area contributed by atoms with Crippen LogP contribution in [0, 0.1) is 18.3 Å². The highest BCUT2D eigenvalue weighted by Gasteiger charge is 2.19. The Balaban J connectivity index is 1.79. The lowest BCUT2D eigenvalue weighted by atomic mass is 10.0. The van der Waals surface area contributed by atoms with Gasteiger partial charge in [-0.2, -0.15) is 5.26 Å². The van der Waals surface area contributed by atoms with Crippen LogP contribution in [-0.2, 0) is 0 Å². The molecule has 0 aliphatic rings. The van der Waals surface area contributed by atoms with Gasteiger partial charge in [0.2, 0.25) is 11.5 Å². The number of Topliss-reactive ketones (excluding diaryl/α,β-unsaturated/α-hetero) is 1. The number of furan rings is 1. The summed E-state index contributed by atoms with van der Waals surface area (Å²) in [5, 5.41) is 9.40. The lowest BCUT2D eigenvalue weighted by molar-refractivity contribution is 0.0733. The molecule has 0 bridgehead atoms. The fourth-order valence-electron chi connectivity index (χ4n) is 3.08. The number of nitrogens with zero attached hydrogens (tertiary/aromatic N) is 1. The predicted molar refractivity (Wildman–Crippen MR) is 119 cm³/mol. The molecule has 0 N–H and O–H groups in total. The van der Waals surface area contributed by atoms with E-state index in [-0.39, 0.29) is 16.9 Å². The molecule has 0 saturated heterocycles. The van der Waals surface area contributed by atoms with Crippen LogP contribution in [0.15, 0.2) is 58.7 Å². The fraction of sp³-hybridized carbons (Fsp3) is 0.160. The van der Waals surface area contributed by atoms with E-state index >= 15 is 0 Å². The van der Waals surface area contributed by atoms with Crippen LogP contribution >= 0.6 is 0 Å². The second-order valence-electron chi connectivity index (χ2n) is 6.76. The molecule has 8 nitrogen and oxygen atoms in total. The Morgan fingerprint density at radius 3 is 2.09 bits per heavy atom. The SMILES string of the molecule is COc1cc(C(=O)Oc2ccc(/C=C(\C#N)C(=O)c3ccoc3C)cc2)cc(OC)c1OC. The molecule has 8 heteroatoms. The highest BCUT2D eigenvalue weighted by molar-refractivity contribution is 6.14. The van der Waals surface area contributed by atoms with Crippen LogP contribution in [0.1, 0.15) is 32.0 Å². The maximum Gasteiger partial charge on any atom is 0.343 e. The Morgan fingerprint density at radius 1 is 0.970 bits per heavy atom. The minimum atomic E-state index is -0.624. The molecular formula is C25H21NO7. The molecule has 0 saturated carbocycles. The van der Waals surface area contributed by atoms with E-state index in [0.717, 1.165) is 0 Å². The van der Waals surface area contributed by atoms with E-state index in [1.165, 1.54) is 51.9 Å². The van der Waals surface area contributed by atoms with Gasteiger partial charge >= 0.3 is 5.97 Å². The van der Waals surface area contributed by atoms with Crippen LogP contribution in [0.25, 0.3) is 6.08 Å². The number of carbonyl (C=O) groups excluding carboxylic acids is 2. The smallest absolute Gasteiger partial charge is 0.343 e. The molecule has 168 valence electrons. The average Bonchev–Trinajstić information content (AvgIpc) is 3.27. The highest BCUT2D eigenvalue weighted by atomic mass is 16.5. The first-order valence-corrected chi connectivity index (χ1v) is 9.74. The first kappa shape index (κ1) is 23.2. The third-order valence-corrected chi connectivity index (χ3v) is 4.77. The van der Waals surface area contributed by atoms with E-state index in [4.69, 9.17) is 23.4 Å². The number of carbonyl (C=O) groups is 2. The summed E-state index contributed by atoms with van der Waals surface area (Å²) in [5.41, 5.74) is 1.09. The lowest BCUT2D eigenvalue weighted by Crippen LogP contribution is -2.09. The van der Waals surface area contributed by atoms with E-state index in [0.29, 0.717) is 34.1 Å². The second-order valence-corrected chi connectivity index (χ2v) is 6.76. The van der Waals surface area contributed by atoms with Gasteiger partial charge in [0.05, 0.1) is 38.7 Å². The van der Waals surface area contributed by atoms with E-state index in [2.05, 4.69) is 0 Å². The molecule has 0 aliphatic carbocycles. The van der Waals surface area contributed by atoms with Gasteiger partial charge in [0, 0.05) is 0 Å². The van der Waals surface area contributed by atoms with Crippen LogP contribution in [0.4, 0.5) is 0 Å². The maximum absolute atomic E-state index is 12.6. The topological polar surface area (TPSA) is 108 Å². The van der Waals surface area contributed by atoms with Crippen molar-refractivity contribution in [2.24, 2.45) is 0 Å². The number of esters is 1. The molecule has 0 fully saturated rings. The van der Waals surface area contributed by atoms with Crippen molar-refractivity contribution in [3.05, 3.63) is 76.8 Å². The summed E-state index contributed by atoms with van der Waals surface area (Å²) >= 11 is 0. The molecule has 0 atom stereocenters. The summed E-state index contributed by atoms with van der Waals surface area (Å²) < 4.78 is 26.3. The third kappa shape index (κ3) is 5.05. The number of hydrogen-bond donors (Lipinski definition) is 0. The summed E-state index contributed by atoms with van der Waals surface area (Å²) in [5.74, 6) is 0.678. The number of ketones is 1. The van der Waals surface area contributed by atoms with Gasteiger partial charge < -0.3 is 23.4 Å². The molecule has 0 aliphatic heterocycles. The van der Waals surface area contributed by atoms with Crippen molar-refractivity contribution in [1.29, 1.82) is 5.26 Å². The fourth-order valence-corrected chi connectivity index (χ4v) is 3.08. The molecule has 3 rings (SSSR count). The molecular weight excluding hydrogens is 426 g/mol. The van der Waals surface area contributed by atoms with E-state index in [1.54, 1.807) is 31.2 Å². The number of benzene rings is 2. The molecule has 1 aromatic heterocycles. The van der Waals surface area contributed by atoms with Gasteiger partial charge in [0.15, 0.2) is 11.5 Å². The monoisotopic (exact) mass is 447 g/mol. The molecule has 3 aromatic rings. The number of ether oxygens (including phenoxy) is 4. The summed E-state index contributed by atoms with van der Waals surface area (Å²) in [6.07, 6.45) is 2.86. The molecule has 0 spiro atoms. The zero-order chi connectivity index (χ0) is 24.0. The third-order valence-electron chi connectivity index (χ3n) is 4.77. The molecule has 2 aromatic carbocycles. The van der Waals surface area contributed by atoms with Crippen molar-refractivity contribution in [2.45, 2.75) is 6.92 Å². The van der Waals surface area contributed by atoms with Gasteiger partial charge in [0.25, 0.3) is 0 Å². The minimum Gasteiger partial charge on any atom is -0.493 e. The van der Waals surface area contributed by atoms with E-state index in [9.17, 15) is 14.9 Å². The number of aryl methyl sites for hydroxylation is 1. The van der Waals surface area contributed by atoms with Gasteiger partial charge in [-0.3, -0.25) is 4.79 Å². The average molecular weight is 447 g/mol. The second kappa shape index (κ2) is 10.2. The summed E-state index contributed by atoms with van der Waals surface area (Å²) in [4.78, 5) is 25.2. The molecule has 33 heavy (non-hydrogen) atoms. The number of methoxy groups -OCH3 is 3. The lowest BCUT2D eigenvalue weighted by Gasteiger charge is -2.13. The van der Waals surface area contributed by atoms with Crippen LogP contribution in [-0.4, -0.2) is 33.1 Å². The Labute approximate surface area is 190 Å². The van der Waals surface area contributed by atoms with Gasteiger partial charge in [-0.1, -0.05) is 12.1 Å². The Bertz CT molecular complexity index is 1220. The Kier molecular flexibility index (Phi) is 7.16. The largest absolute Gasteiger partial charge is 0.493 e. The van der Waals surface area contributed by atoms with Crippen molar-refractivity contribution in [3.8, 4) is 29.1 Å². The molecule has 1 heterocycles. The number of rotatable bonds is 8.